The lowest BCUT2D eigenvalue weighted by atomic mass is 10.1. The van der Waals surface area contributed by atoms with E-state index >= 15 is 0 Å². The molecule has 0 aromatic carbocycles. The first-order chi connectivity index (χ1) is 7.13. The van der Waals surface area contributed by atoms with Crippen molar-refractivity contribution in [1.29, 1.82) is 5.26 Å². The molecule has 3 unspecified atom stereocenters. The van der Waals surface area contributed by atoms with Gasteiger partial charge in [0.05, 0.1) is 12.0 Å². The Morgan fingerprint density at radius 1 is 1.67 bits per heavy atom. The molecule has 3 atom stereocenters. The molecule has 1 aliphatic rings. The number of nitriles is 1. The number of amides is 1. The van der Waals surface area contributed by atoms with E-state index in [1.807, 2.05) is 6.92 Å². The lowest BCUT2D eigenvalue weighted by molar-refractivity contribution is -0.122. The van der Waals surface area contributed by atoms with Gasteiger partial charge in [-0.3, -0.25) is 4.79 Å². The summed E-state index contributed by atoms with van der Waals surface area (Å²) < 4.78 is 0. The molecule has 0 bridgehead atoms. The number of rotatable bonds is 4. The largest absolute Gasteiger partial charge is 0.352 e. The van der Waals surface area contributed by atoms with Crippen LogP contribution in [-0.4, -0.2) is 18.0 Å². The van der Waals surface area contributed by atoms with E-state index in [1.165, 1.54) is 0 Å². The third-order valence-corrected chi connectivity index (χ3v) is 2.85. The SMILES string of the molecule is CC(N)CCC(=O)NC1CCCC1C#N. The number of hydrogen-bond acceptors (Lipinski definition) is 3. The predicted octanol–water partition coefficient (Wildman–Crippen LogP) is 0.922. The van der Waals surface area contributed by atoms with Crippen molar-refractivity contribution in [2.24, 2.45) is 11.7 Å². The molecule has 1 amide bonds. The number of nitrogens with two attached hydrogens (primary N) is 1. The Morgan fingerprint density at radius 2 is 2.40 bits per heavy atom. The summed E-state index contributed by atoms with van der Waals surface area (Å²) in [6.45, 7) is 1.89. The molecule has 1 saturated carbocycles. The molecule has 0 aliphatic heterocycles. The van der Waals surface area contributed by atoms with Crippen molar-refractivity contribution >= 4 is 5.91 Å². The lowest BCUT2D eigenvalue weighted by Crippen LogP contribution is -2.37. The van der Waals surface area contributed by atoms with Gasteiger partial charge in [-0.25, -0.2) is 0 Å². The normalized spacial score (nSPS) is 27.0. The minimum Gasteiger partial charge on any atom is -0.352 e. The van der Waals surface area contributed by atoms with E-state index in [0.29, 0.717) is 12.8 Å². The molecule has 0 heterocycles. The maximum atomic E-state index is 11.5. The molecule has 4 nitrogen and oxygen atoms in total. The molecule has 1 fully saturated rings. The fourth-order valence-corrected chi connectivity index (χ4v) is 1.93. The lowest BCUT2D eigenvalue weighted by Gasteiger charge is -2.15. The second-order valence-corrected chi connectivity index (χ2v) is 4.36. The van der Waals surface area contributed by atoms with E-state index in [9.17, 15) is 4.79 Å². The van der Waals surface area contributed by atoms with Crippen LogP contribution in [0.15, 0.2) is 0 Å². The zero-order valence-electron chi connectivity index (χ0n) is 9.20. The van der Waals surface area contributed by atoms with Gasteiger partial charge in [-0.1, -0.05) is 0 Å². The van der Waals surface area contributed by atoms with Crippen LogP contribution >= 0.6 is 0 Å². The van der Waals surface area contributed by atoms with E-state index in [-0.39, 0.29) is 23.9 Å². The van der Waals surface area contributed by atoms with Gasteiger partial charge in [-0.15, -0.1) is 0 Å². The summed E-state index contributed by atoms with van der Waals surface area (Å²) >= 11 is 0. The van der Waals surface area contributed by atoms with Gasteiger partial charge in [-0.2, -0.15) is 5.26 Å². The van der Waals surface area contributed by atoms with Crippen molar-refractivity contribution in [1.82, 2.24) is 5.32 Å². The number of nitrogens with zero attached hydrogens (tertiary/aromatic N) is 1. The standard InChI is InChI=1S/C11H19N3O/c1-8(13)5-6-11(15)14-10-4-2-3-9(10)7-12/h8-10H,2-6,13H2,1H3,(H,14,15). The third kappa shape index (κ3) is 3.88. The first-order valence-corrected chi connectivity index (χ1v) is 5.58. The van der Waals surface area contributed by atoms with Gasteiger partial charge in [0, 0.05) is 18.5 Å². The molecule has 0 spiro atoms. The van der Waals surface area contributed by atoms with Crippen LogP contribution in [-0.2, 0) is 4.79 Å². The highest BCUT2D eigenvalue weighted by Gasteiger charge is 2.28. The number of carbonyl (C=O) groups excluding carboxylic acids is 1. The van der Waals surface area contributed by atoms with Gasteiger partial charge < -0.3 is 11.1 Å². The number of carbonyl (C=O) groups is 1. The summed E-state index contributed by atoms with van der Waals surface area (Å²) in [7, 11) is 0. The number of hydrogen-bond donors (Lipinski definition) is 2. The summed E-state index contributed by atoms with van der Waals surface area (Å²) in [5.74, 6) is 0.0312. The highest BCUT2D eigenvalue weighted by atomic mass is 16.1. The van der Waals surface area contributed by atoms with Crippen LogP contribution in [0.1, 0.15) is 39.0 Å². The van der Waals surface area contributed by atoms with Crippen LogP contribution in [0.4, 0.5) is 0 Å². The summed E-state index contributed by atoms with van der Waals surface area (Å²) in [5, 5.41) is 11.8. The van der Waals surface area contributed by atoms with Crippen molar-refractivity contribution in [2.45, 2.75) is 51.1 Å². The predicted molar refractivity (Wildman–Crippen MR) is 57.8 cm³/mol. The van der Waals surface area contributed by atoms with E-state index in [1.54, 1.807) is 0 Å². The highest BCUT2D eigenvalue weighted by Crippen LogP contribution is 2.24. The Kier molecular flexibility index (Phi) is 4.57. The molecule has 3 N–H and O–H groups in total. The van der Waals surface area contributed by atoms with Crippen molar-refractivity contribution < 1.29 is 4.79 Å². The van der Waals surface area contributed by atoms with Gasteiger partial charge in [0.25, 0.3) is 0 Å². The molecule has 4 heteroatoms. The Balaban J connectivity index is 2.28. The van der Waals surface area contributed by atoms with E-state index in [2.05, 4.69) is 11.4 Å². The van der Waals surface area contributed by atoms with Crippen molar-refractivity contribution in [3.05, 3.63) is 0 Å². The maximum absolute atomic E-state index is 11.5. The summed E-state index contributed by atoms with van der Waals surface area (Å²) in [6, 6.07) is 2.37. The monoisotopic (exact) mass is 209 g/mol. The molecule has 0 radical (unpaired) electrons. The third-order valence-electron chi connectivity index (χ3n) is 2.85. The molecule has 15 heavy (non-hydrogen) atoms. The van der Waals surface area contributed by atoms with Gasteiger partial charge in [-0.05, 0) is 32.6 Å². The summed E-state index contributed by atoms with van der Waals surface area (Å²) in [4.78, 5) is 11.5. The number of nitrogens with one attached hydrogen (secondary N) is 1. The minimum absolute atomic E-state index is 0.00394. The van der Waals surface area contributed by atoms with Crippen LogP contribution in [0.25, 0.3) is 0 Å². The van der Waals surface area contributed by atoms with E-state index in [0.717, 1.165) is 19.3 Å². The summed E-state index contributed by atoms with van der Waals surface area (Å²) in [6.07, 6.45) is 4.05. The topological polar surface area (TPSA) is 78.9 Å². The van der Waals surface area contributed by atoms with Crippen LogP contribution in [0.2, 0.25) is 0 Å². The molecule has 84 valence electrons. The Bertz CT molecular complexity index is 257. The second kappa shape index (κ2) is 5.72. The molecule has 0 aromatic rings. The maximum Gasteiger partial charge on any atom is 0.220 e. The first-order valence-electron chi connectivity index (χ1n) is 5.58. The fraction of sp³-hybridized carbons (Fsp3) is 0.818. The first kappa shape index (κ1) is 12.0. The molecular formula is C11H19N3O. The summed E-state index contributed by atoms with van der Waals surface area (Å²) in [5.41, 5.74) is 5.57. The van der Waals surface area contributed by atoms with Gasteiger partial charge >= 0.3 is 0 Å². The quantitative estimate of drug-likeness (QED) is 0.722. The smallest absolute Gasteiger partial charge is 0.220 e. The molecule has 0 saturated heterocycles. The fourth-order valence-electron chi connectivity index (χ4n) is 1.93. The molecule has 0 aromatic heterocycles. The van der Waals surface area contributed by atoms with Crippen LogP contribution < -0.4 is 11.1 Å². The molecular weight excluding hydrogens is 190 g/mol. The minimum atomic E-state index is 0.00394. The Morgan fingerprint density at radius 3 is 3.00 bits per heavy atom. The van der Waals surface area contributed by atoms with Crippen LogP contribution in [0.3, 0.4) is 0 Å². The van der Waals surface area contributed by atoms with E-state index in [4.69, 9.17) is 11.0 Å². The molecule has 1 rings (SSSR count). The highest BCUT2D eigenvalue weighted by molar-refractivity contribution is 5.76. The van der Waals surface area contributed by atoms with Crippen LogP contribution in [0.5, 0.6) is 0 Å². The average Bonchev–Trinajstić information content (AvgIpc) is 2.62. The van der Waals surface area contributed by atoms with Gasteiger partial charge in [0.1, 0.15) is 0 Å². The van der Waals surface area contributed by atoms with Crippen molar-refractivity contribution in [3.63, 3.8) is 0 Å². The van der Waals surface area contributed by atoms with Gasteiger partial charge in [0.15, 0.2) is 0 Å². The molecule has 1 aliphatic carbocycles. The van der Waals surface area contributed by atoms with Crippen LogP contribution in [0, 0.1) is 17.2 Å². The Labute approximate surface area is 90.8 Å². The second-order valence-electron chi connectivity index (χ2n) is 4.36. The average molecular weight is 209 g/mol. The Hall–Kier alpha value is -1.08. The van der Waals surface area contributed by atoms with E-state index < -0.39 is 0 Å². The zero-order chi connectivity index (χ0) is 11.3. The van der Waals surface area contributed by atoms with Crippen molar-refractivity contribution in [3.8, 4) is 6.07 Å². The van der Waals surface area contributed by atoms with Gasteiger partial charge in [0.2, 0.25) is 5.91 Å². The van der Waals surface area contributed by atoms with Crippen molar-refractivity contribution in [2.75, 3.05) is 0 Å². The zero-order valence-corrected chi connectivity index (χ0v) is 9.20.